The molecule has 0 aliphatic rings. The van der Waals surface area contributed by atoms with Crippen molar-refractivity contribution in [3.63, 3.8) is 0 Å². The van der Waals surface area contributed by atoms with Crippen LogP contribution in [-0.2, 0) is 19.7 Å². The number of anilines is 1. The average molecular weight is 432 g/mol. The number of halogens is 1. The number of hydrogen-bond acceptors (Lipinski definition) is 5. The monoisotopic (exact) mass is 431 g/mol. The molecule has 2 N–H and O–H groups in total. The third kappa shape index (κ3) is 4.33. The number of carbonyl (C=O) groups excluding carboxylic acids is 2. The van der Waals surface area contributed by atoms with Crippen molar-refractivity contribution in [3.05, 3.63) is 35.0 Å². The fourth-order valence-electron chi connectivity index (χ4n) is 3.17. The van der Waals surface area contributed by atoms with Gasteiger partial charge in [0.1, 0.15) is 10.9 Å². The molecule has 0 radical (unpaired) electrons. The van der Waals surface area contributed by atoms with E-state index in [4.69, 9.17) is 16.3 Å². The van der Waals surface area contributed by atoms with Gasteiger partial charge in [0.05, 0.1) is 12.8 Å². The first-order valence-electron chi connectivity index (χ1n) is 9.79. The van der Waals surface area contributed by atoms with E-state index in [1.807, 2.05) is 33.8 Å². The maximum atomic E-state index is 12.6. The molecule has 2 heterocycles. The first kappa shape index (κ1) is 21.8. The van der Waals surface area contributed by atoms with Crippen molar-refractivity contribution in [1.82, 2.24) is 19.8 Å². The molecule has 1 atom stereocenters. The molecule has 3 rings (SSSR count). The summed E-state index contributed by atoms with van der Waals surface area (Å²) in [6.45, 7) is 8.02. The summed E-state index contributed by atoms with van der Waals surface area (Å²) >= 11 is 6.50. The molecular weight excluding hydrogens is 406 g/mol. The smallest absolute Gasteiger partial charge is 0.318 e. The molecule has 2 aromatic heterocycles. The van der Waals surface area contributed by atoms with E-state index in [-0.39, 0.29) is 5.41 Å². The number of benzene rings is 1. The van der Waals surface area contributed by atoms with Gasteiger partial charge in [0.25, 0.3) is 0 Å². The molecule has 1 unspecified atom stereocenters. The van der Waals surface area contributed by atoms with Gasteiger partial charge in [0, 0.05) is 16.7 Å². The molecular formula is C21H26ClN5O3. The van der Waals surface area contributed by atoms with Gasteiger partial charge in [0.2, 0.25) is 5.91 Å². The third-order valence-electron chi connectivity index (χ3n) is 4.74. The maximum Gasteiger partial charge on any atom is 0.318 e. The van der Waals surface area contributed by atoms with E-state index < -0.39 is 17.8 Å². The lowest BCUT2D eigenvalue weighted by atomic mass is 9.92. The number of rotatable bonds is 6. The number of fused-ring (bicyclic) bond motifs is 1. The van der Waals surface area contributed by atoms with Crippen molar-refractivity contribution < 1.29 is 14.3 Å². The summed E-state index contributed by atoms with van der Waals surface area (Å²) in [5.41, 5.74) is 2.47. The van der Waals surface area contributed by atoms with Crippen LogP contribution in [0.1, 0.15) is 46.2 Å². The highest BCUT2D eigenvalue weighted by Crippen LogP contribution is 2.32. The molecule has 1 aromatic carbocycles. The van der Waals surface area contributed by atoms with Crippen LogP contribution in [0.15, 0.2) is 24.3 Å². The zero-order chi connectivity index (χ0) is 22.1. The highest BCUT2D eigenvalue weighted by molar-refractivity contribution is 6.34. The predicted molar refractivity (Wildman–Crippen MR) is 116 cm³/mol. The molecule has 160 valence electrons. The summed E-state index contributed by atoms with van der Waals surface area (Å²) in [6.07, 6.45) is 1.11. The molecule has 0 saturated carbocycles. The Morgan fingerprint density at radius 1 is 1.30 bits per heavy atom. The normalized spacial score (nSPS) is 12.7. The summed E-state index contributed by atoms with van der Waals surface area (Å²) in [7, 11) is 1.28. The molecule has 0 fully saturated rings. The second-order valence-electron chi connectivity index (χ2n) is 8.16. The van der Waals surface area contributed by atoms with Gasteiger partial charge >= 0.3 is 5.97 Å². The van der Waals surface area contributed by atoms with Gasteiger partial charge in [-0.05, 0) is 18.6 Å². The molecule has 1 amide bonds. The summed E-state index contributed by atoms with van der Waals surface area (Å²) in [5.74, 6) is -1.21. The zero-order valence-corrected chi connectivity index (χ0v) is 18.5. The lowest BCUT2D eigenvalue weighted by Crippen LogP contribution is -2.30. The first-order chi connectivity index (χ1) is 14.2. The number of hydrogen-bond donors (Lipinski definition) is 2. The molecule has 0 aliphatic carbocycles. The van der Waals surface area contributed by atoms with Crippen molar-refractivity contribution >= 4 is 34.8 Å². The Bertz CT molecular complexity index is 1080. The van der Waals surface area contributed by atoms with Crippen LogP contribution in [0.4, 0.5) is 5.69 Å². The highest BCUT2D eigenvalue weighted by atomic mass is 35.5. The number of nitrogens with one attached hydrogen (secondary N) is 2. The van der Waals surface area contributed by atoms with Gasteiger partial charge in [0.15, 0.2) is 11.5 Å². The molecule has 0 aliphatic heterocycles. The van der Waals surface area contributed by atoms with Crippen LogP contribution in [0.25, 0.3) is 17.0 Å². The van der Waals surface area contributed by atoms with Gasteiger partial charge in [-0.2, -0.15) is 5.10 Å². The quantitative estimate of drug-likeness (QED) is 0.449. The maximum absolute atomic E-state index is 12.6. The fourth-order valence-corrected chi connectivity index (χ4v) is 3.61. The minimum absolute atomic E-state index is 0.204. The van der Waals surface area contributed by atoms with Crippen LogP contribution in [0.3, 0.4) is 0 Å². The Labute approximate surface area is 179 Å². The number of methoxy groups -OCH3 is 1. The van der Waals surface area contributed by atoms with Gasteiger partial charge < -0.3 is 15.0 Å². The van der Waals surface area contributed by atoms with Crippen molar-refractivity contribution in [2.24, 2.45) is 5.92 Å². The number of aromatic amines is 1. The van der Waals surface area contributed by atoms with Crippen molar-refractivity contribution in [2.75, 3.05) is 12.4 Å². The standard InChI is InChI=1S/C21H26ClN5O3/c1-6-8-14(20(29)30-5)19(28)23-13-10-7-9-12(11-13)17-24-18-15(22)16(21(2,3)4)25-27(18)26-17/h7,9-11,14H,6,8H2,1-5H3,(H,23,28)(H,24,26). The first-order valence-corrected chi connectivity index (χ1v) is 10.2. The van der Waals surface area contributed by atoms with Crippen molar-refractivity contribution in [3.8, 4) is 11.4 Å². The Morgan fingerprint density at radius 2 is 2.03 bits per heavy atom. The van der Waals surface area contributed by atoms with Crippen molar-refractivity contribution in [1.29, 1.82) is 0 Å². The molecule has 9 heteroatoms. The van der Waals surface area contributed by atoms with Crippen molar-refractivity contribution in [2.45, 2.75) is 46.0 Å². The summed E-state index contributed by atoms with van der Waals surface area (Å²) in [4.78, 5) is 27.7. The van der Waals surface area contributed by atoms with Crippen LogP contribution >= 0.6 is 11.6 Å². The Hall–Kier alpha value is -2.87. The van der Waals surface area contributed by atoms with E-state index in [9.17, 15) is 9.59 Å². The van der Waals surface area contributed by atoms with Crippen LogP contribution < -0.4 is 5.32 Å². The lowest BCUT2D eigenvalue weighted by Gasteiger charge is -2.15. The van der Waals surface area contributed by atoms with E-state index in [1.54, 1.807) is 18.2 Å². The van der Waals surface area contributed by atoms with E-state index in [2.05, 4.69) is 20.5 Å². The summed E-state index contributed by atoms with van der Waals surface area (Å²) in [5, 5.41) is 12.3. The van der Waals surface area contributed by atoms with Crippen LogP contribution in [-0.4, -0.2) is 38.8 Å². The van der Waals surface area contributed by atoms with Gasteiger partial charge in [-0.1, -0.05) is 57.8 Å². The van der Waals surface area contributed by atoms with Gasteiger partial charge in [-0.15, -0.1) is 9.73 Å². The molecule has 30 heavy (non-hydrogen) atoms. The van der Waals surface area contributed by atoms with Gasteiger partial charge in [-0.3, -0.25) is 9.59 Å². The molecule has 8 nitrogen and oxygen atoms in total. The third-order valence-corrected chi connectivity index (χ3v) is 5.09. The topological polar surface area (TPSA) is 101 Å². The average Bonchev–Trinajstić information content (AvgIpc) is 3.25. The number of carbonyl (C=O) groups is 2. The number of esters is 1. The fraction of sp³-hybridized carbons (Fsp3) is 0.429. The van der Waals surface area contributed by atoms with Crippen LogP contribution in [0.2, 0.25) is 5.02 Å². The number of amides is 1. The molecule has 3 aromatic rings. The minimum atomic E-state index is -0.842. The SMILES string of the molecule is CCCC(C(=O)Nc1cccc(-c2nn3nc(C(C)(C)C)c(Cl)c3[nH]2)c1)C(=O)OC. The number of ether oxygens (including phenoxy) is 1. The number of nitrogens with zero attached hydrogens (tertiary/aromatic N) is 3. The molecule has 0 spiro atoms. The number of H-pyrrole nitrogens is 1. The molecule has 0 saturated heterocycles. The predicted octanol–water partition coefficient (Wildman–Crippen LogP) is 4.20. The zero-order valence-electron chi connectivity index (χ0n) is 17.7. The van der Waals surface area contributed by atoms with E-state index in [0.29, 0.717) is 35.0 Å². The Morgan fingerprint density at radius 3 is 2.63 bits per heavy atom. The van der Waals surface area contributed by atoms with Crippen LogP contribution in [0.5, 0.6) is 0 Å². The Balaban J connectivity index is 1.86. The largest absolute Gasteiger partial charge is 0.468 e. The Kier molecular flexibility index (Phi) is 6.17. The summed E-state index contributed by atoms with van der Waals surface area (Å²) in [6, 6.07) is 7.18. The van der Waals surface area contributed by atoms with E-state index in [0.717, 1.165) is 11.3 Å². The van der Waals surface area contributed by atoms with Gasteiger partial charge in [-0.25, -0.2) is 0 Å². The molecule has 0 bridgehead atoms. The summed E-state index contributed by atoms with van der Waals surface area (Å²) < 4.78 is 6.23. The second kappa shape index (κ2) is 8.47. The highest BCUT2D eigenvalue weighted by Gasteiger charge is 2.27. The minimum Gasteiger partial charge on any atom is -0.468 e. The second-order valence-corrected chi connectivity index (χ2v) is 8.54. The lowest BCUT2D eigenvalue weighted by molar-refractivity contribution is -0.148. The van der Waals surface area contributed by atoms with E-state index in [1.165, 1.54) is 11.7 Å². The van der Waals surface area contributed by atoms with E-state index >= 15 is 0 Å². The number of aromatic nitrogens is 4. The van der Waals surface area contributed by atoms with Crippen LogP contribution in [0, 0.1) is 5.92 Å².